The van der Waals surface area contributed by atoms with Crippen LogP contribution < -0.4 is 5.32 Å². The van der Waals surface area contributed by atoms with Gasteiger partial charge in [0, 0.05) is 20.0 Å². The van der Waals surface area contributed by atoms with Crippen molar-refractivity contribution in [3.63, 3.8) is 0 Å². The first-order valence-corrected chi connectivity index (χ1v) is 8.19. The van der Waals surface area contributed by atoms with Crippen LogP contribution in [-0.4, -0.2) is 4.98 Å². The highest BCUT2D eigenvalue weighted by molar-refractivity contribution is 9.11. The maximum atomic E-state index is 6.18. The van der Waals surface area contributed by atoms with Crippen LogP contribution in [0.1, 0.15) is 4.88 Å². The molecule has 2 aromatic rings. The van der Waals surface area contributed by atoms with E-state index in [1.165, 1.54) is 11.3 Å². The summed E-state index contributed by atoms with van der Waals surface area (Å²) >= 11 is 26.2. The summed E-state index contributed by atoms with van der Waals surface area (Å²) in [5, 5.41) is 4.15. The molecule has 0 fully saturated rings. The van der Waals surface area contributed by atoms with Crippen molar-refractivity contribution in [1.29, 1.82) is 0 Å². The van der Waals surface area contributed by atoms with Gasteiger partial charge in [0.15, 0.2) is 4.47 Å². The van der Waals surface area contributed by atoms with E-state index >= 15 is 0 Å². The molecule has 2 rings (SSSR count). The number of hydrogen-bond donors (Lipinski definition) is 1. The van der Waals surface area contributed by atoms with Crippen LogP contribution in [0.3, 0.4) is 0 Å². The minimum Gasteiger partial charge on any atom is -0.378 e. The van der Waals surface area contributed by atoms with Gasteiger partial charge in [-0.2, -0.15) is 0 Å². The van der Waals surface area contributed by atoms with E-state index in [1.807, 2.05) is 6.07 Å². The molecule has 18 heavy (non-hydrogen) atoms. The molecule has 1 N–H and O–H groups in total. The number of nitrogens with zero attached hydrogens (tertiary/aromatic N) is 1. The third-order valence-corrected chi connectivity index (χ3v) is 5.54. The molecule has 0 atom stereocenters. The number of anilines is 1. The minimum atomic E-state index is 0.466. The minimum absolute atomic E-state index is 0.466. The second-order valence-electron chi connectivity index (χ2n) is 3.28. The van der Waals surface area contributed by atoms with Crippen LogP contribution >= 0.6 is 78.0 Å². The van der Waals surface area contributed by atoms with E-state index in [9.17, 15) is 0 Å². The summed E-state index contributed by atoms with van der Waals surface area (Å²) in [5.41, 5.74) is 0.745. The summed E-state index contributed by atoms with van der Waals surface area (Å²) < 4.78 is 2.10. The fourth-order valence-corrected chi connectivity index (χ4v) is 4.14. The number of halogens is 5. The molecule has 2 nitrogen and oxygen atoms in total. The first-order valence-electron chi connectivity index (χ1n) is 4.66. The zero-order valence-corrected chi connectivity index (χ0v) is 14.9. The Labute approximate surface area is 140 Å². The zero-order chi connectivity index (χ0) is 13.3. The van der Waals surface area contributed by atoms with Crippen LogP contribution in [-0.2, 0) is 6.54 Å². The van der Waals surface area contributed by atoms with E-state index in [1.54, 1.807) is 6.20 Å². The maximum Gasteiger partial charge on any atom is 0.183 e. The summed E-state index contributed by atoms with van der Waals surface area (Å²) in [6.07, 6.45) is 1.72. The van der Waals surface area contributed by atoms with Crippen LogP contribution in [0.2, 0.25) is 14.5 Å². The summed E-state index contributed by atoms with van der Waals surface area (Å²) in [7, 11) is 0. The number of hydrogen-bond acceptors (Lipinski definition) is 3. The Hall–Kier alpha value is 0.480. The highest BCUT2D eigenvalue weighted by atomic mass is 79.9. The van der Waals surface area contributed by atoms with Gasteiger partial charge in [-0.1, -0.05) is 34.8 Å². The molecule has 0 saturated heterocycles. The fourth-order valence-electron chi connectivity index (χ4n) is 1.27. The van der Waals surface area contributed by atoms with Gasteiger partial charge in [-0.25, -0.2) is 4.98 Å². The van der Waals surface area contributed by atoms with Gasteiger partial charge in [0.2, 0.25) is 0 Å². The van der Waals surface area contributed by atoms with Crippen molar-refractivity contribution in [3.05, 3.63) is 40.6 Å². The number of benzene rings is 1. The van der Waals surface area contributed by atoms with Gasteiger partial charge in [-0.3, -0.25) is 0 Å². The van der Waals surface area contributed by atoms with E-state index in [2.05, 4.69) is 42.2 Å². The second-order valence-corrected chi connectivity index (χ2v) is 7.44. The van der Waals surface area contributed by atoms with Crippen molar-refractivity contribution in [2.24, 2.45) is 0 Å². The molecule has 0 unspecified atom stereocenters. The van der Waals surface area contributed by atoms with Crippen LogP contribution in [0.25, 0.3) is 0 Å². The Bertz CT molecular complexity index is 589. The van der Waals surface area contributed by atoms with E-state index in [0.29, 0.717) is 21.1 Å². The molecule has 0 aliphatic heterocycles. The van der Waals surface area contributed by atoms with Gasteiger partial charge < -0.3 is 5.32 Å². The van der Waals surface area contributed by atoms with Crippen molar-refractivity contribution >= 4 is 83.7 Å². The third kappa shape index (κ3) is 3.32. The highest BCUT2D eigenvalue weighted by Crippen LogP contribution is 2.41. The predicted molar refractivity (Wildman–Crippen MR) is 86.3 cm³/mol. The van der Waals surface area contributed by atoms with Crippen LogP contribution in [0.4, 0.5) is 5.69 Å². The number of nitrogens with one attached hydrogen (secondary N) is 1. The standard InChI is InChI=1S/C10H5Br2Cl3N2S/c11-5-1-6(12)9(8(14)7(5)13)16-2-4-3-17-10(15)18-4/h1,3,16H,2H2. The molecule has 0 aliphatic rings. The lowest BCUT2D eigenvalue weighted by atomic mass is 10.3. The average molecular weight is 451 g/mol. The normalized spacial score (nSPS) is 10.7. The summed E-state index contributed by atoms with van der Waals surface area (Å²) in [5.74, 6) is 0. The summed E-state index contributed by atoms with van der Waals surface area (Å²) in [4.78, 5) is 4.99. The quantitative estimate of drug-likeness (QED) is 0.442. The SMILES string of the molecule is Clc1ncc(CNc2c(Br)cc(Br)c(Cl)c2Cl)s1. The molecular weight excluding hydrogens is 446 g/mol. The molecular formula is C10H5Br2Cl3N2S. The average Bonchev–Trinajstić information content (AvgIpc) is 2.72. The Balaban J connectivity index is 2.22. The molecule has 96 valence electrons. The topological polar surface area (TPSA) is 24.9 Å². The van der Waals surface area contributed by atoms with Gasteiger partial charge in [0.1, 0.15) is 0 Å². The molecule has 1 heterocycles. The van der Waals surface area contributed by atoms with Crippen molar-refractivity contribution in [2.75, 3.05) is 5.32 Å². The first-order chi connectivity index (χ1) is 8.49. The lowest BCUT2D eigenvalue weighted by Gasteiger charge is -2.12. The highest BCUT2D eigenvalue weighted by Gasteiger charge is 2.13. The van der Waals surface area contributed by atoms with Gasteiger partial charge in [-0.15, -0.1) is 11.3 Å². The third-order valence-electron chi connectivity index (χ3n) is 2.08. The van der Waals surface area contributed by atoms with Gasteiger partial charge in [-0.05, 0) is 37.9 Å². The lowest BCUT2D eigenvalue weighted by molar-refractivity contribution is 1.17. The van der Waals surface area contributed by atoms with Crippen molar-refractivity contribution in [3.8, 4) is 0 Å². The summed E-state index contributed by atoms with van der Waals surface area (Å²) in [6.45, 7) is 0.584. The number of aromatic nitrogens is 1. The number of rotatable bonds is 3. The second kappa shape index (κ2) is 6.29. The molecule has 0 radical (unpaired) electrons. The van der Waals surface area contributed by atoms with Crippen LogP contribution in [0.15, 0.2) is 21.2 Å². The van der Waals surface area contributed by atoms with E-state index in [-0.39, 0.29) is 0 Å². The Kier molecular flexibility index (Phi) is 5.20. The van der Waals surface area contributed by atoms with E-state index < -0.39 is 0 Å². The molecule has 1 aromatic carbocycles. The smallest absolute Gasteiger partial charge is 0.183 e. The van der Waals surface area contributed by atoms with Crippen LogP contribution in [0.5, 0.6) is 0 Å². The van der Waals surface area contributed by atoms with Gasteiger partial charge in [0.25, 0.3) is 0 Å². The number of thiazole rings is 1. The first kappa shape index (κ1) is 14.9. The molecule has 0 aliphatic carbocycles. The van der Waals surface area contributed by atoms with E-state index in [4.69, 9.17) is 34.8 Å². The fraction of sp³-hybridized carbons (Fsp3) is 0.100. The monoisotopic (exact) mass is 448 g/mol. The van der Waals surface area contributed by atoms with Gasteiger partial charge in [0.05, 0.1) is 22.3 Å². The maximum absolute atomic E-state index is 6.18. The molecule has 0 bridgehead atoms. The van der Waals surface area contributed by atoms with Crippen molar-refractivity contribution in [2.45, 2.75) is 6.54 Å². The molecule has 0 amide bonds. The Morgan fingerprint density at radius 3 is 2.50 bits per heavy atom. The Morgan fingerprint density at radius 2 is 1.89 bits per heavy atom. The van der Waals surface area contributed by atoms with Gasteiger partial charge >= 0.3 is 0 Å². The molecule has 1 aromatic heterocycles. The molecule has 8 heteroatoms. The summed E-state index contributed by atoms with van der Waals surface area (Å²) in [6, 6.07) is 1.84. The van der Waals surface area contributed by atoms with E-state index in [0.717, 1.165) is 19.5 Å². The van der Waals surface area contributed by atoms with Crippen molar-refractivity contribution in [1.82, 2.24) is 4.98 Å². The van der Waals surface area contributed by atoms with Crippen molar-refractivity contribution < 1.29 is 0 Å². The largest absolute Gasteiger partial charge is 0.378 e. The lowest BCUT2D eigenvalue weighted by Crippen LogP contribution is -1.99. The molecule has 0 spiro atoms. The Morgan fingerprint density at radius 1 is 1.17 bits per heavy atom. The van der Waals surface area contributed by atoms with Crippen LogP contribution in [0, 0.1) is 0 Å². The zero-order valence-electron chi connectivity index (χ0n) is 8.61. The predicted octanol–water partition coefficient (Wildman–Crippen LogP) is 6.24. The molecule has 0 saturated carbocycles.